The minimum absolute atomic E-state index is 0.0827. The number of hydrogen-bond acceptors (Lipinski definition) is 5. The standard InChI is InChI=1S/C19H31N3O4/c1-22(2)18(23)11-6-4-5-8-16-9-7-10-17(14-16)19(24)20-12-13-21-26-15-25-3/h5,8,10,14,21H,4,6-7,9,11-13,15H2,1-3H3,(H,20,24)/b8-5-. The molecule has 0 unspecified atom stereocenters. The van der Waals surface area contributed by atoms with Crippen LogP contribution in [0.3, 0.4) is 0 Å². The SMILES string of the molecule is COCONCCNC(=O)C1=CCCC(/C=C\CCCC(=O)N(C)C)=C1. The van der Waals surface area contributed by atoms with Gasteiger partial charge in [0.05, 0.1) is 0 Å². The Kier molecular flexibility index (Phi) is 11.3. The van der Waals surface area contributed by atoms with Gasteiger partial charge in [0, 0.05) is 46.3 Å². The summed E-state index contributed by atoms with van der Waals surface area (Å²) in [6.07, 6.45) is 12.0. The summed E-state index contributed by atoms with van der Waals surface area (Å²) in [5, 5.41) is 2.85. The fourth-order valence-corrected chi connectivity index (χ4v) is 2.35. The zero-order valence-corrected chi connectivity index (χ0v) is 16.0. The van der Waals surface area contributed by atoms with E-state index in [0.29, 0.717) is 25.1 Å². The molecular formula is C19H31N3O4. The molecule has 0 atom stereocenters. The third-order valence-corrected chi connectivity index (χ3v) is 3.78. The number of ether oxygens (including phenoxy) is 1. The number of carbonyl (C=O) groups is 2. The van der Waals surface area contributed by atoms with Crippen molar-refractivity contribution in [2.24, 2.45) is 0 Å². The molecule has 1 aliphatic carbocycles. The lowest BCUT2D eigenvalue weighted by molar-refractivity contribution is -0.128. The second-order valence-corrected chi connectivity index (χ2v) is 6.20. The Hall–Kier alpha value is -1.96. The molecule has 2 N–H and O–H groups in total. The quantitative estimate of drug-likeness (QED) is 0.313. The monoisotopic (exact) mass is 365 g/mol. The van der Waals surface area contributed by atoms with Gasteiger partial charge in [-0.05, 0) is 37.3 Å². The summed E-state index contributed by atoms with van der Waals surface area (Å²) < 4.78 is 4.73. The fraction of sp³-hybridized carbons (Fsp3) is 0.579. The van der Waals surface area contributed by atoms with Crippen LogP contribution in [0.15, 0.2) is 35.5 Å². The van der Waals surface area contributed by atoms with E-state index >= 15 is 0 Å². The van der Waals surface area contributed by atoms with Crippen LogP contribution in [-0.2, 0) is 19.2 Å². The maximum Gasteiger partial charge on any atom is 0.251 e. The first kappa shape index (κ1) is 22.1. The lowest BCUT2D eigenvalue weighted by Crippen LogP contribution is -2.33. The van der Waals surface area contributed by atoms with Gasteiger partial charge < -0.3 is 15.0 Å². The van der Waals surface area contributed by atoms with Gasteiger partial charge in [-0.3, -0.25) is 14.4 Å². The summed E-state index contributed by atoms with van der Waals surface area (Å²) in [7, 11) is 5.08. The van der Waals surface area contributed by atoms with Crippen LogP contribution in [0.5, 0.6) is 0 Å². The molecule has 7 nitrogen and oxygen atoms in total. The van der Waals surface area contributed by atoms with Crippen molar-refractivity contribution >= 4 is 11.8 Å². The van der Waals surface area contributed by atoms with Crippen molar-refractivity contribution in [2.45, 2.75) is 32.1 Å². The fourth-order valence-electron chi connectivity index (χ4n) is 2.35. The lowest BCUT2D eigenvalue weighted by Gasteiger charge is -2.12. The van der Waals surface area contributed by atoms with E-state index in [1.54, 1.807) is 26.1 Å². The Morgan fingerprint density at radius 3 is 2.85 bits per heavy atom. The summed E-state index contributed by atoms with van der Waals surface area (Å²) in [5.74, 6) is 0.0694. The first-order valence-corrected chi connectivity index (χ1v) is 8.93. The largest absolute Gasteiger partial charge is 0.357 e. The van der Waals surface area contributed by atoms with Gasteiger partial charge in [-0.2, -0.15) is 5.48 Å². The smallest absolute Gasteiger partial charge is 0.251 e. The third kappa shape index (κ3) is 9.50. The summed E-state index contributed by atoms with van der Waals surface area (Å²) in [6.45, 7) is 1.14. The predicted molar refractivity (Wildman–Crippen MR) is 101 cm³/mol. The molecule has 0 saturated carbocycles. The highest BCUT2D eigenvalue weighted by Gasteiger charge is 2.10. The number of rotatable bonds is 12. The van der Waals surface area contributed by atoms with E-state index in [1.807, 2.05) is 12.2 Å². The number of carbonyl (C=O) groups excluding carboxylic acids is 2. The van der Waals surface area contributed by atoms with Crippen molar-refractivity contribution < 1.29 is 19.2 Å². The number of methoxy groups -OCH3 is 1. The van der Waals surface area contributed by atoms with Crippen LogP contribution in [0.25, 0.3) is 0 Å². The van der Waals surface area contributed by atoms with Gasteiger partial charge in [0.1, 0.15) is 0 Å². The number of allylic oxidation sites excluding steroid dienone is 4. The minimum atomic E-state index is -0.0827. The van der Waals surface area contributed by atoms with Crippen LogP contribution < -0.4 is 10.8 Å². The van der Waals surface area contributed by atoms with E-state index in [2.05, 4.69) is 22.9 Å². The zero-order chi connectivity index (χ0) is 19.2. The van der Waals surface area contributed by atoms with E-state index in [4.69, 9.17) is 9.57 Å². The number of hydroxylamine groups is 1. The van der Waals surface area contributed by atoms with Crippen molar-refractivity contribution in [3.05, 3.63) is 35.5 Å². The maximum absolute atomic E-state index is 12.2. The number of hydrogen-bond donors (Lipinski definition) is 2. The molecule has 0 heterocycles. The highest BCUT2D eigenvalue weighted by atomic mass is 16.7. The second-order valence-electron chi connectivity index (χ2n) is 6.20. The molecular weight excluding hydrogens is 334 g/mol. The molecule has 0 aromatic carbocycles. The van der Waals surface area contributed by atoms with Crippen molar-refractivity contribution in [3.63, 3.8) is 0 Å². The zero-order valence-electron chi connectivity index (χ0n) is 16.0. The number of amides is 2. The lowest BCUT2D eigenvalue weighted by atomic mass is 9.98. The first-order valence-electron chi connectivity index (χ1n) is 8.93. The molecule has 0 bridgehead atoms. The molecule has 0 fully saturated rings. The highest BCUT2D eigenvalue weighted by Crippen LogP contribution is 2.19. The Labute approximate surface area is 156 Å². The van der Waals surface area contributed by atoms with Crippen LogP contribution in [0.2, 0.25) is 0 Å². The van der Waals surface area contributed by atoms with Gasteiger partial charge in [-0.1, -0.05) is 18.2 Å². The van der Waals surface area contributed by atoms with Crippen LogP contribution in [0.4, 0.5) is 0 Å². The van der Waals surface area contributed by atoms with Crippen LogP contribution in [0, 0.1) is 0 Å². The predicted octanol–water partition coefficient (Wildman–Crippen LogP) is 1.69. The van der Waals surface area contributed by atoms with Crippen LogP contribution >= 0.6 is 0 Å². The molecule has 0 aliphatic heterocycles. The molecule has 1 aliphatic rings. The summed E-state index contributed by atoms with van der Waals surface area (Å²) >= 11 is 0. The van der Waals surface area contributed by atoms with Crippen molar-refractivity contribution in [2.75, 3.05) is 41.1 Å². The van der Waals surface area contributed by atoms with Gasteiger partial charge in [-0.15, -0.1) is 0 Å². The average molecular weight is 365 g/mol. The molecule has 0 radical (unpaired) electrons. The molecule has 146 valence electrons. The maximum atomic E-state index is 12.2. The van der Waals surface area contributed by atoms with E-state index in [1.165, 1.54) is 0 Å². The molecule has 1 rings (SSSR count). The Morgan fingerprint density at radius 2 is 2.12 bits per heavy atom. The molecule has 7 heteroatoms. The van der Waals surface area contributed by atoms with E-state index in [-0.39, 0.29) is 18.6 Å². The van der Waals surface area contributed by atoms with Gasteiger partial charge >= 0.3 is 0 Å². The first-order chi connectivity index (χ1) is 12.5. The molecule has 2 amide bonds. The van der Waals surface area contributed by atoms with E-state index in [9.17, 15) is 9.59 Å². The number of unbranched alkanes of at least 4 members (excludes halogenated alkanes) is 1. The molecule has 0 aromatic rings. The third-order valence-electron chi connectivity index (χ3n) is 3.78. The molecule has 0 saturated heterocycles. The Bertz CT molecular complexity index is 539. The van der Waals surface area contributed by atoms with Gasteiger partial charge in [0.25, 0.3) is 5.91 Å². The molecule has 26 heavy (non-hydrogen) atoms. The van der Waals surface area contributed by atoms with Crippen LogP contribution in [-0.4, -0.2) is 57.8 Å². The second kappa shape index (κ2) is 13.3. The van der Waals surface area contributed by atoms with E-state index < -0.39 is 0 Å². The summed E-state index contributed by atoms with van der Waals surface area (Å²) in [5.41, 5.74) is 4.52. The summed E-state index contributed by atoms with van der Waals surface area (Å²) in [4.78, 5) is 30.2. The number of nitrogens with one attached hydrogen (secondary N) is 2. The Morgan fingerprint density at radius 1 is 1.31 bits per heavy atom. The van der Waals surface area contributed by atoms with Crippen molar-refractivity contribution in [1.29, 1.82) is 0 Å². The van der Waals surface area contributed by atoms with Gasteiger partial charge in [0.15, 0.2) is 6.79 Å². The topological polar surface area (TPSA) is 79.9 Å². The van der Waals surface area contributed by atoms with Crippen molar-refractivity contribution in [1.82, 2.24) is 15.7 Å². The Balaban J connectivity index is 2.30. The van der Waals surface area contributed by atoms with Crippen molar-refractivity contribution in [3.8, 4) is 0 Å². The summed E-state index contributed by atoms with van der Waals surface area (Å²) in [6, 6.07) is 0. The van der Waals surface area contributed by atoms with Crippen LogP contribution in [0.1, 0.15) is 32.1 Å². The van der Waals surface area contributed by atoms with Gasteiger partial charge in [0.2, 0.25) is 5.91 Å². The highest BCUT2D eigenvalue weighted by molar-refractivity contribution is 5.96. The normalized spacial score (nSPS) is 14.1. The molecule has 0 spiro atoms. The van der Waals surface area contributed by atoms with Gasteiger partial charge in [-0.25, -0.2) is 0 Å². The van der Waals surface area contributed by atoms with E-state index in [0.717, 1.165) is 31.3 Å². The minimum Gasteiger partial charge on any atom is -0.357 e. The number of nitrogens with zero attached hydrogens (tertiary/aromatic N) is 1. The average Bonchev–Trinajstić information content (AvgIpc) is 2.64. The molecule has 0 aromatic heterocycles.